The van der Waals surface area contributed by atoms with E-state index in [1.54, 1.807) is 24.3 Å². The SMILES string of the molecule is O=C1NC(=Nc2ccc(Cl)cc2)S/C1=C/c1ccccc1. The molecule has 1 N–H and O–H groups in total. The van der Waals surface area contributed by atoms with E-state index in [0.717, 1.165) is 11.3 Å². The number of nitrogens with one attached hydrogen (secondary N) is 1. The van der Waals surface area contributed by atoms with Crippen molar-refractivity contribution in [1.82, 2.24) is 5.32 Å². The molecular formula is C16H11ClN2OS. The average Bonchev–Trinajstić information content (AvgIpc) is 2.82. The van der Waals surface area contributed by atoms with Gasteiger partial charge in [-0.15, -0.1) is 0 Å². The number of thioether (sulfide) groups is 1. The molecule has 5 heteroatoms. The van der Waals surface area contributed by atoms with Gasteiger partial charge in [0.1, 0.15) is 0 Å². The topological polar surface area (TPSA) is 41.5 Å². The summed E-state index contributed by atoms with van der Waals surface area (Å²) in [4.78, 5) is 17.0. The van der Waals surface area contributed by atoms with Crippen molar-refractivity contribution in [3.8, 4) is 0 Å². The molecule has 0 saturated carbocycles. The maximum Gasteiger partial charge on any atom is 0.264 e. The van der Waals surface area contributed by atoms with E-state index in [0.29, 0.717) is 15.1 Å². The van der Waals surface area contributed by atoms with E-state index in [4.69, 9.17) is 11.6 Å². The van der Waals surface area contributed by atoms with E-state index >= 15 is 0 Å². The van der Waals surface area contributed by atoms with Gasteiger partial charge in [0.25, 0.3) is 5.91 Å². The largest absolute Gasteiger partial charge is 0.300 e. The van der Waals surface area contributed by atoms with Gasteiger partial charge in [-0.25, -0.2) is 4.99 Å². The van der Waals surface area contributed by atoms with Crippen molar-refractivity contribution in [1.29, 1.82) is 0 Å². The van der Waals surface area contributed by atoms with Crippen LogP contribution < -0.4 is 5.32 Å². The third-order valence-electron chi connectivity index (χ3n) is 2.81. The number of amidine groups is 1. The lowest BCUT2D eigenvalue weighted by Gasteiger charge is -1.96. The molecule has 0 atom stereocenters. The van der Waals surface area contributed by atoms with E-state index in [2.05, 4.69) is 10.3 Å². The molecule has 0 unspecified atom stereocenters. The molecule has 0 bridgehead atoms. The Kier molecular flexibility index (Phi) is 4.08. The summed E-state index contributed by atoms with van der Waals surface area (Å²) in [5.41, 5.74) is 1.74. The highest BCUT2D eigenvalue weighted by atomic mass is 35.5. The molecule has 3 rings (SSSR count). The van der Waals surface area contributed by atoms with Crippen molar-refractivity contribution in [3.63, 3.8) is 0 Å². The Bertz CT molecular complexity index is 724. The Balaban J connectivity index is 1.81. The number of carbonyl (C=O) groups is 1. The van der Waals surface area contributed by atoms with Crippen LogP contribution in [0.25, 0.3) is 6.08 Å². The smallest absolute Gasteiger partial charge is 0.264 e. The Morgan fingerprint density at radius 3 is 2.48 bits per heavy atom. The molecule has 1 aliphatic heterocycles. The molecule has 2 aromatic carbocycles. The van der Waals surface area contributed by atoms with Gasteiger partial charge in [-0.3, -0.25) is 4.79 Å². The van der Waals surface area contributed by atoms with Crippen LogP contribution in [0.15, 0.2) is 64.5 Å². The lowest BCUT2D eigenvalue weighted by molar-refractivity contribution is -0.115. The van der Waals surface area contributed by atoms with Crippen molar-refractivity contribution in [2.75, 3.05) is 0 Å². The summed E-state index contributed by atoms with van der Waals surface area (Å²) in [6.07, 6.45) is 1.85. The second-order valence-electron chi connectivity index (χ2n) is 4.37. The van der Waals surface area contributed by atoms with Crippen molar-refractivity contribution in [2.45, 2.75) is 0 Å². The number of amides is 1. The van der Waals surface area contributed by atoms with Crippen LogP contribution in [-0.4, -0.2) is 11.1 Å². The van der Waals surface area contributed by atoms with Gasteiger partial charge in [0, 0.05) is 5.02 Å². The summed E-state index contributed by atoms with van der Waals surface area (Å²) >= 11 is 7.16. The van der Waals surface area contributed by atoms with Crippen molar-refractivity contribution >= 4 is 46.2 Å². The molecule has 0 aromatic heterocycles. The van der Waals surface area contributed by atoms with Crippen LogP contribution in [0, 0.1) is 0 Å². The number of halogens is 1. The van der Waals surface area contributed by atoms with Gasteiger partial charge in [0.05, 0.1) is 10.6 Å². The molecular weight excluding hydrogens is 304 g/mol. The number of rotatable bonds is 2. The quantitative estimate of drug-likeness (QED) is 0.843. The van der Waals surface area contributed by atoms with Crippen LogP contribution >= 0.6 is 23.4 Å². The first kappa shape index (κ1) is 13.9. The van der Waals surface area contributed by atoms with Gasteiger partial charge in [0.15, 0.2) is 5.17 Å². The van der Waals surface area contributed by atoms with Crippen molar-refractivity contribution in [2.24, 2.45) is 4.99 Å². The molecule has 104 valence electrons. The minimum Gasteiger partial charge on any atom is -0.300 e. The fourth-order valence-corrected chi connectivity index (χ4v) is 2.78. The Morgan fingerprint density at radius 2 is 1.76 bits per heavy atom. The first-order valence-electron chi connectivity index (χ1n) is 6.31. The summed E-state index contributed by atoms with van der Waals surface area (Å²) in [6, 6.07) is 16.9. The van der Waals surface area contributed by atoms with Gasteiger partial charge >= 0.3 is 0 Å². The predicted molar refractivity (Wildman–Crippen MR) is 88.7 cm³/mol. The Labute approximate surface area is 131 Å². The van der Waals surface area contributed by atoms with Crippen LogP contribution in [0.2, 0.25) is 5.02 Å². The predicted octanol–water partition coefficient (Wildman–Crippen LogP) is 4.23. The van der Waals surface area contributed by atoms with Crippen molar-refractivity contribution in [3.05, 3.63) is 70.1 Å². The first-order valence-corrected chi connectivity index (χ1v) is 7.50. The standard InChI is InChI=1S/C16H11ClN2OS/c17-12-6-8-13(9-7-12)18-16-19-15(20)14(21-16)10-11-4-2-1-3-5-11/h1-10H,(H,18,19,20)/b14-10+. The average molecular weight is 315 g/mol. The molecule has 1 heterocycles. The van der Waals surface area contributed by atoms with Crippen LogP contribution in [0.1, 0.15) is 5.56 Å². The third-order valence-corrected chi connectivity index (χ3v) is 3.97. The normalized spacial score (nSPS) is 18.2. The molecule has 1 saturated heterocycles. The number of nitrogens with zero attached hydrogens (tertiary/aromatic N) is 1. The van der Waals surface area contributed by atoms with E-state index in [1.165, 1.54) is 11.8 Å². The zero-order chi connectivity index (χ0) is 14.7. The second kappa shape index (κ2) is 6.16. The summed E-state index contributed by atoms with van der Waals surface area (Å²) in [5, 5.41) is 3.99. The van der Waals surface area contributed by atoms with Crippen molar-refractivity contribution < 1.29 is 4.79 Å². The zero-order valence-corrected chi connectivity index (χ0v) is 12.5. The summed E-state index contributed by atoms with van der Waals surface area (Å²) in [7, 11) is 0. The van der Waals surface area contributed by atoms with Gasteiger partial charge in [0.2, 0.25) is 0 Å². The molecule has 1 aliphatic rings. The summed E-state index contributed by atoms with van der Waals surface area (Å²) < 4.78 is 0. The van der Waals surface area contributed by atoms with Crippen LogP contribution in [0.3, 0.4) is 0 Å². The van der Waals surface area contributed by atoms with Gasteiger partial charge in [-0.1, -0.05) is 41.9 Å². The zero-order valence-electron chi connectivity index (χ0n) is 10.9. The lowest BCUT2D eigenvalue weighted by Crippen LogP contribution is -2.19. The van der Waals surface area contributed by atoms with E-state index < -0.39 is 0 Å². The van der Waals surface area contributed by atoms with E-state index in [9.17, 15) is 4.79 Å². The number of hydrogen-bond donors (Lipinski definition) is 1. The fourth-order valence-electron chi connectivity index (χ4n) is 1.81. The van der Waals surface area contributed by atoms with E-state index in [-0.39, 0.29) is 5.91 Å². The molecule has 0 radical (unpaired) electrons. The van der Waals surface area contributed by atoms with Gasteiger partial charge in [-0.05, 0) is 47.7 Å². The minimum absolute atomic E-state index is 0.128. The summed E-state index contributed by atoms with van der Waals surface area (Å²) in [5.74, 6) is -0.128. The lowest BCUT2D eigenvalue weighted by atomic mass is 10.2. The number of carbonyl (C=O) groups excluding carboxylic acids is 1. The molecule has 1 amide bonds. The molecule has 21 heavy (non-hydrogen) atoms. The maximum atomic E-state index is 11.9. The number of hydrogen-bond acceptors (Lipinski definition) is 3. The first-order chi connectivity index (χ1) is 10.2. The Hall–Kier alpha value is -2.04. The molecule has 0 spiro atoms. The number of aliphatic imine (C=N–C) groups is 1. The monoisotopic (exact) mass is 314 g/mol. The molecule has 3 nitrogen and oxygen atoms in total. The number of benzene rings is 2. The third kappa shape index (κ3) is 3.54. The highest BCUT2D eigenvalue weighted by Crippen LogP contribution is 2.28. The maximum absolute atomic E-state index is 11.9. The van der Waals surface area contributed by atoms with E-state index in [1.807, 2.05) is 36.4 Å². The second-order valence-corrected chi connectivity index (χ2v) is 5.84. The highest BCUT2D eigenvalue weighted by Gasteiger charge is 2.23. The molecule has 2 aromatic rings. The van der Waals surface area contributed by atoms with Gasteiger partial charge in [-0.2, -0.15) is 0 Å². The molecule has 1 fully saturated rings. The molecule has 0 aliphatic carbocycles. The van der Waals surface area contributed by atoms with Crippen LogP contribution in [0.5, 0.6) is 0 Å². The van der Waals surface area contributed by atoms with Crippen LogP contribution in [0.4, 0.5) is 5.69 Å². The Morgan fingerprint density at radius 1 is 1.05 bits per heavy atom. The summed E-state index contributed by atoms with van der Waals surface area (Å²) in [6.45, 7) is 0. The minimum atomic E-state index is -0.128. The van der Waals surface area contributed by atoms with Gasteiger partial charge < -0.3 is 5.32 Å². The fraction of sp³-hybridized carbons (Fsp3) is 0. The van der Waals surface area contributed by atoms with Crippen LogP contribution in [-0.2, 0) is 4.79 Å². The highest BCUT2D eigenvalue weighted by molar-refractivity contribution is 8.18.